The molecule has 2 saturated heterocycles. The van der Waals surface area contributed by atoms with E-state index >= 15 is 0 Å². The average molecular weight is 399 g/mol. The Hall–Kier alpha value is -1.49. The van der Waals surface area contributed by atoms with Crippen LogP contribution >= 0.6 is 0 Å². The molecule has 1 aromatic rings. The van der Waals surface area contributed by atoms with E-state index in [-0.39, 0.29) is 0 Å². The van der Waals surface area contributed by atoms with E-state index < -0.39 is 0 Å². The molecule has 1 saturated carbocycles. The second kappa shape index (κ2) is 9.11. The van der Waals surface area contributed by atoms with Gasteiger partial charge in [-0.15, -0.1) is 0 Å². The van der Waals surface area contributed by atoms with E-state index in [1.165, 1.54) is 70.0 Å². The lowest BCUT2D eigenvalue weighted by molar-refractivity contribution is -0.133. The fourth-order valence-corrected chi connectivity index (χ4v) is 5.89. The number of aryl methyl sites for hydroxylation is 1. The van der Waals surface area contributed by atoms with Crippen molar-refractivity contribution in [2.45, 2.75) is 90.0 Å². The molecule has 0 bridgehead atoms. The zero-order chi connectivity index (χ0) is 20.3. The van der Waals surface area contributed by atoms with Crippen LogP contribution in [0.1, 0.15) is 88.9 Å². The number of piperidine rings is 2. The summed E-state index contributed by atoms with van der Waals surface area (Å²) < 4.78 is 0. The van der Waals surface area contributed by atoms with Crippen LogP contribution in [0.2, 0.25) is 0 Å². The van der Waals surface area contributed by atoms with E-state index in [1.807, 2.05) is 6.92 Å². The van der Waals surface area contributed by atoms with Crippen molar-refractivity contribution in [3.63, 3.8) is 0 Å². The maximum Gasteiger partial charge on any atom is 0.222 e. The molecule has 1 spiro atoms. The van der Waals surface area contributed by atoms with Crippen molar-refractivity contribution < 1.29 is 4.79 Å². The first-order valence-corrected chi connectivity index (χ1v) is 11.9. The Morgan fingerprint density at radius 1 is 0.966 bits per heavy atom. The van der Waals surface area contributed by atoms with Gasteiger partial charge >= 0.3 is 0 Å². The second-order valence-corrected chi connectivity index (χ2v) is 9.56. The van der Waals surface area contributed by atoms with Gasteiger partial charge in [-0.25, -0.2) is 9.97 Å². The van der Waals surface area contributed by atoms with Crippen molar-refractivity contribution in [3.8, 4) is 0 Å². The smallest absolute Gasteiger partial charge is 0.222 e. The quantitative estimate of drug-likeness (QED) is 0.763. The van der Waals surface area contributed by atoms with Gasteiger partial charge in [0.2, 0.25) is 5.91 Å². The zero-order valence-corrected chi connectivity index (χ0v) is 18.4. The molecule has 5 heteroatoms. The van der Waals surface area contributed by atoms with Gasteiger partial charge in [0, 0.05) is 44.4 Å². The van der Waals surface area contributed by atoms with Crippen LogP contribution in [0.3, 0.4) is 0 Å². The number of hydrogen-bond acceptors (Lipinski definition) is 4. The van der Waals surface area contributed by atoms with Gasteiger partial charge in [-0.05, 0) is 81.4 Å². The van der Waals surface area contributed by atoms with Crippen molar-refractivity contribution in [3.05, 3.63) is 23.8 Å². The fraction of sp³-hybridized carbons (Fsp3) is 0.792. The molecule has 2 aliphatic heterocycles. The molecule has 29 heavy (non-hydrogen) atoms. The van der Waals surface area contributed by atoms with Crippen LogP contribution in [0.25, 0.3) is 0 Å². The highest BCUT2D eigenvalue weighted by atomic mass is 16.2. The van der Waals surface area contributed by atoms with E-state index in [0.717, 1.165) is 31.4 Å². The number of amides is 1. The normalized spacial score (nSPS) is 24.1. The van der Waals surface area contributed by atoms with Gasteiger partial charge in [0.1, 0.15) is 5.82 Å². The molecule has 3 fully saturated rings. The summed E-state index contributed by atoms with van der Waals surface area (Å²) in [6.07, 6.45) is 16.0. The van der Waals surface area contributed by atoms with Gasteiger partial charge in [0.15, 0.2) is 0 Å². The Balaban J connectivity index is 1.23. The van der Waals surface area contributed by atoms with Crippen LogP contribution in [-0.4, -0.2) is 57.9 Å². The molecular formula is C24H38N4O. The molecule has 0 unspecified atom stereocenters. The highest BCUT2D eigenvalue weighted by Gasteiger charge is 2.40. The highest BCUT2D eigenvalue weighted by Crippen LogP contribution is 2.46. The fourth-order valence-electron chi connectivity index (χ4n) is 5.89. The summed E-state index contributed by atoms with van der Waals surface area (Å²) in [5.41, 5.74) is 1.86. The summed E-state index contributed by atoms with van der Waals surface area (Å²) in [5, 5.41) is 0. The zero-order valence-electron chi connectivity index (χ0n) is 18.4. The standard InChI is InChI=1S/C24H38N4O/c1-3-22-25-17-20(18-26-22)19-7-13-27(14-8-19)21-5-9-24(10-6-21)11-15-28(16-12-24)23(29)4-2/h17-19,21H,3-16H2,1-2H3. The van der Waals surface area contributed by atoms with Gasteiger partial charge in [-0.2, -0.15) is 0 Å². The van der Waals surface area contributed by atoms with Crippen LogP contribution in [0.5, 0.6) is 0 Å². The molecule has 1 amide bonds. The van der Waals surface area contributed by atoms with E-state index in [9.17, 15) is 4.79 Å². The van der Waals surface area contributed by atoms with E-state index in [4.69, 9.17) is 0 Å². The highest BCUT2D eigenvalue weighted by molar-refractivity contribution is 5.75. The van der Waals surface area contributed by atoms with Crippen molar-refractivity contribution >= 4 is 5.91 Å². The third-order valence-electron chi connectivity index (χ3n) is 8.05. The summed E-state index contributed by atoms with van der Waals surface area (Å²) in [6.45, 7) is 8.50. The minimum atomic E-state index is 0.339. The average Bonchev–Trinajstić information content (AvgIpc) is 2.80. The van der Waals surface area contributed by atoms with Gasteiger partial charge in [-0.1, -0.05) is 13.8 Å². The number of carbonyl (C=O) groups excluding carboxylic acids is 1. The summed E-state index contributed by atoms with van der Waals surface area (Å²) in [6, 6.07) is 0.774. The maximum absolute atomic E-state index is 12.0. The summed E-state index contributed by atoms with van der Waals surface area (Å²) in [7, 11) is 0. The molecule has 3 aliphatic rings. The largest absolute Gasteiger partial charge is 0.343 e. The first-order chi connectivity index (χ1) is 14.1. The first-order valence-electron chi connectivity index (χ1n) is 11.9. The molecule has 0 aromatic carbocycles. The Kier molecular flexibility index (Phi) is 6.53. The Bertz CT molecular complexity index is 663. The topological polar surface area (TPSA) is 49.3 Å². The molecule has 1 aliphatic carbocycles. The monoisotopic (exact) mass is 398 g/mol. The molecule has 1 aromatic heterocycles. The van der Waals surface area contributed by atoms with Gasteiger partial charge in [-0.3, -0.25) is 4.79 Å². The summed E-state index contributed by atoms with van der Waals surface area (Å²) in [4.78, 5) is 25.8. The number of hydrogen-bond donors (Lipinski definition) is 0. The van der Waals surface area contributed by atoms with Crippen molar-refractivity contribution in [2.24, 2.45) is 5.41 Å². The predicted molar refractivity (Wildman–Crippen MR) is 116 cm³/mol. The lowest BCUT2D eigenvalue weighted by Crippen LogP contribution is -2.48. The van der Waals surface area contributed by atoms with E-state index in [2.05, 4.69) is 39.1 Å². The molecule has 0 radical (unpaired) electrons. The minimum Gasteiger partial charge on any atom is -0.343 e. The molecule has 160 valence electrons. The van der Waals surface area contributed by atoms with Crippen molar-refractivity contribution in [1.29, 1.82) is 0 Å². The van der Waals surface area contributed by atoms with Crippen molar-refractivity contribution in [2.75, 3.05) is 26.2 Å². The van der Waals surface area contributed by atoms with E-state index in [1.54, 1.807) is 0 Å². The summed E-state index contributed by atoms with van der Waals surface area (Å²) in [5.74, 6) is 1.92. The summed E-state index contributed by atoms with van der Waals surface area (Å²) >= 11 is 0. The second-order valence-electron chi connectivity index (χ2n) is 9.56. The first kappa shape index (κ1) is 20.8. The minimum absolute atomic E-state index is 0.339. The molecule has 5 nitrogen and oxygen atoms in total. The van der Waals surface area contributed by atoms with Crippen molar-refractivity contribution in [1.82, 2.24) is 19.8 Å². The van der Waals surface area contributed by atoms with Crippen LogP contribution in [-0.2, 0) is 11.2 Å². The van der Waals surface area contributed by atoms with Gasteiger partial charge < -0.3 is 9.80 Å². The maximum atomic E-state index is 12.0. The molecular weight excluding hydrogens is 360 g/mol. The van der Waals surface area contributed by atoms with Gasteiger partial charge in [0.05, 0.1) is 0 Å². The number of aromatic nitrogens is 2. The number of nitrogens with zero attached hydrogens (tertiary/aromatic N) is 4. The van der Waals surface area contributed by atoms with Crippen LogP contribution in [0, 0.1) is 5.41 Å². The van der Waals surface area contributed by atoms with Crippen LogP contribution in [0.4, 0.5) is 0 Å². The predicted octanol–water partition coefficient (Wildman–Crippen LogP) is 4.18. The molecule has 4 rings (SSSR count). The lowest BCUT2D eigenvalue weighted by Gasteiger charge is -2.48. The third kappa shape index (κ3) is 4.65. The van der Waals surface area contributed by atoms with Crippen LogP contribution < -0.4 is 0 Å². The van der Waals surface area contributed by atoms with Crippen LogP contribution in [0.15, 0.2) is 12.4 Å². The molecule has 3 heterocycles. The number of carbonyl (C=O) groups is 1. The third-order valence-corrected chi connectivity index (χ3v) is 8.05. The van der Waals surface area contributed by atoms with Gasteiger partial charge in [0.25, 0.3) is 0 Å². The Morgan fingerprint density at radius 3 is 2.14 bits per heavy atom. The number of likely N-dealkylation sites (tertiary alicyclic amines) is 2. The Labute approximate surface area is 176 Å². The number of rotatable bonds is 4. The SMILES string of the molecule is CCC(=O)N1CCC2(CCC(N3CCC(c4cnc(CC)nc4)CC3)CC2)CC1. The molecule has 0 atom stereocenters. The lowest BCUT2D eigenvalue weighted by atomic mass is 9.66. The Morgan fingerprint density at radius 2 is 1.59 bits per heavy atom. The molecule has 0 N–H and O–H groups in total. The van der Waals surface area contributed by atoms with E-state index in [0.29, 0.717) is 23.7 Å².